The molecule has 0 amide bonds. The van der Waals surface area contributed by atoms with E-state index in [0.29, 0.717) is 11.8 Å². The van der Waals surface area contributed by atoms with Gasteiger partial charge in [0.1, 0.15) is 12.5 Å². The van der Waals surface area contributed by atoms with E-state index in [-0.39, 0.29) is 5.69 Å². The minimum atomic E-state index is -1.11. The molecule has 6 heteroatoms. The number of oxazole rings is 2. The van der Waals surface area contributed by atoms with Crippen LogP contribution in [0, 0.1) is 0 Å². The molecular formula is C19H20N2O4. The first-order valence-electron chi connectivity index (χ1n) is 7.93. The van der Waals surface area contributed by atoms with Crippen LogP contribution in [0.5, 0.6) is 0 Å². The lowest BCUT2D eigenvalue weighted by molar-refractivity contribution is 0.0690. The number of aromatic nitrogens is 2. The number of benzene rings is 1. The molecule has 2 heterocycles. The summed E-state index contributed by atoms with van der Waals surface area (Å²) in [6.45, 7) is 7.97. The molecule has 0 aliphatic rings. The van der Waals surface area contributed by atoms with E-state index in [1.54, 1.807) is 12.5 Å². The summed E-state index contributed by atoms with van der Waals surface area (Å²) in [4.78, 5) is 19.4. The van der Waals surface area contributed by atoms with E-state index in [1.807, 2.05) is 45.9 Å². The maximum Gasteiger partial charge on any atom is 0.357 e. The molecule has 3 rings (SSSR count). The fourth-order valence-corrected chi connectivity index (χ4v) is 2.73. The van der Waals surface area contributed by atoms with Crippen LogP contribution in [0.4, 0.5) is 0 Å². The Morgan fingerprint density at radius 1 is 1.04 bits per heavy atom. The van der Waals surface area contributed by atoms with Crippen LogP contribution in [0.3, 0.4) is 0 Å². The molecule has 6 nitrogen and oxygen atoms in total. The molecule has 0 bridgehead atoms. The van der Waals surface area contributed by atoms with E-state index in [9.17, 15) is 4.79 Å². The lowest BCUT2D eigenvalue weighted by Gasteiger charge is -2.26. The van der Waals surface area contributed by atoms with Gasteiger partial charge in [-0.1, -0.05) is 24.3 Å². The smallest absolute Gasteiger partial charge is 0.357 e. The van der Waals surface area contributed by atoms with E-state index >= 15 is 0 Å². The standard InChI is InChI=1S/C19H20N2O4/c1-18(2,16-20-8-9-24-16)12-6-5-7-13(10-12)19(3,4)17-21-14(11-25-17)15(22)23/h5-11H,1-4H3,(H,22,23). The molecule has 0 spiro atoms. The van der Waals surface area contributed by atoms with Crippen LogP contribution in [-0.4, -0.2) is 21.0 Å². The van der Waals surface area contributed by atoms with Crippen molar-refractivity contribution in [2.45, 2.75) is 38.5 Å². The van der Waals surface area contributed by atoms with Crippen LogP contribution in [0.15, 0.2) is 51.8 Å². The summed E-state index contributed by atoms with van der Waals surface area (Å²) in [7, 11) is 0. The summed E-state index contributed by atoms with van der Waals surface area (Å²) in [5, 5.41) is 9.05. The average Bonchev–Trinajstić information content (AvgIpc) is 3.27. The Kier molecular flexibility index (Phi) is 3.99. The topological polar surface area (TPSA) is 89.4 Å². The number of rotatable bonds is 5. The quantitative estimate of drug-likeness (QED) is 0.755. The van der Waals surface area contributed by atoms with Gasteiger partial charge >= 0.3 is 5.97 Å². The molecule has 25 heavy (non-hydrogen) atoms. The molecule has 0 aliphatic heterocycles. The van der Waals surface area contributed by atoms with E-state index in [4.69, 9.17) is 13.9 Å². The van der Waals surface area contributed by atoms with Gasteiger partial charge in [-0.25, -0.2) is 14.8 Å². The summed E-state index contributed by atoms with van der Waals surface area (Å²) in [5.74, 6) is -0.118. The molecule has 0 atom stereocenters. The number of hydrogen-bond acceptors (Lipinski definition) is 5. The molecule has 0 saturated carbocycles. The second-order valence-corrected chi connectivity index (χ2v) is 7.01. The molecule has 0 radical (unpaired) electrons. The van der Waals surface area contributed by atoms with Gasteiger partial charge in [0.15, 0.2) is 5.69 Å². The van der Waals surface area contributed by atoms with Crippen LogP contribution in [0.25, 0.3) is 0 Å². The summed E-state index contributed by atoms with van der Waals surface area (Å²) >= 11 is 0. The zero-order chi connectivity index (χ0) is 18.2. The van der Waals surface area contributed by atoms with Crippen molar-refractivity contribution in [2.75, 3.05) is 0 Å². The second-order valence-electron chi connectivity index (χ2n) is 7.01. The van der Waals surface area contributed by atoms with E-state index < -0.39 is 16.8 Å². The molecule has 2 aromatic heterocycles. The molecule has 0 aliphatic carbocycles. The Bertz CT molecular complexity index is 892. The minimum absolute atomic E-state index is 0.0978. The number of hydrogen-bond donors (Lipinski definition) is 1. The third-order valence-corrected chi connectivity index (χ3v) is 4.53. The third kappa shape index (κ3) is 2.95. The predicted molar refractivity (Wildman–Crippen MR) is 90.7 cm³/mol. The Balaban J connectivity index is 2.01. The normalized spacial score (nSPS) is 12.3. The summed E-state index contributed by atoms with van der Waals surface area (Å²) < 4.78 is 10.9. The zero-order valence-corrected chi connectivity index (χ0v) is 14.6. The van der Waals surface area contributed by atoms with Crippen molar-refractivity contribution in [1.82, 2.24) is 9.97 Å². The van der Waals surface area contributed by atoms with Crippen molar-refractivity contribution in [3.63, 3.8) is 0 Å². The van der Waals surface area contributed by atoms with Gasteiger partial charge in [-0.05, 0) is 38.8 Å². The van der Waals surface area contributed by atoms with Crippen LogP contribution in [-0.2, 0) is 10.8 Å². The van der Waals surface area contributed by atoms with Crippen molar-refractivity contribution in [3.05, 3.63) is 71.6 Å². The number of nitrogens with zero attached hydrogens (tertiary/aromatic N) is 2. The second kappa shape index (κ2) is 5.88. The fourth-order valence-electron chi connectivity index (χ4n) is 2.73. The highest BCUT2D eigenvalue weighted by Gasteiger charge is 2.33. The highest BCUT2D eigenvalue weighted by Crippen LogP contribution is 2.36. The van der Waals surface area contributed by atoms with Gasteiger partial charge in [-0.2, -0.15) is 0 Å². The van der Waals surface area contributed by atoms with Crippen molar-refractivity contribution < 1.29 is 18.7 Å². The molecule has 1 aromatic carbocycles. The fraction of sp³-hybridized carbons (Fsp3) is 0.316. The van der Waals surface area contributed by atoms with Crippen LogP contribution >= 0.6 is 0 Å². The highest BCUT2D eigenvalue weighted by molar-refractivity contribution is 5.84. The van der Waals surface area contributed by atoms with Crippen molar-refractivity contribution in [2.24, 2.45) is 0 Å². The molecule has 3 aromatic rings. The number of carboxylic acids is 1. The van der Waals surface area contributed by atoms with Crippen LogP contribution in [0.2, 0.25) is 0 Å². The van der Waals surface area contributed by atoms with Crippen molar-refractivity contribution in [1.29, 1.82) is 0 Å². The van der Waals surface area contributed by atoms with Gasteiger partial charge in [-0.3, -0.25) is 0 Å². The number of carbonyl (C=O) groups is 1. The molecule has 1 N–H and O–H groups in total. The van der Waals surface area contributed by atoms with Crippen LogP contribution < -0.4 is 0 Å². The van der Waals surface area contributed by atoms with Gasteiger partial charge < -0.3 is 13.9 Å². The van der Waals surface area contributed by atoms with Gasteiger partial charge in [0.05, 0.1) is 17.0 Å². The largest absolute Gasteiger partial charge is 0.476 e. The summed E-state index contributed by atoms with van der Waals surface area (Å²) in [5.41, 5.74) is 0.905. The van der Waals surface area contributed by atoms with Crippen molar-refractivity contribution >= 4 is 5.97 Å². The van der Waals surface area contributed by atoms with Gasteiger partial charge in [0.25, 0.3) is 0 Å². The Morgan fingerprint density at radius 2 is 1.68 bits per heavy atom. The summed E-state index contributed by atoms with van der Waals surface area (Å²) in [6, 6.07) is 7.99. The Labute approximate surface area is 145 Å². The van der Waals surface area contributed by atoms with Crippen molar-refractivity contribution in [3.8, 4) is 0 Å². The molecule has 0 saturated heterocycles. The molecule has 0 fully saturated rings. The maximum absolute atomic E-state index is 11.1. The molecule has 130 valence electrons. The highest BCUT2D eigenvalue weighted by atomic mass is 16.4. The lowest BCUT2D eigenvalue weighted by Crippen LogP contribution is -2.23. The van der Waals surface area contributed by atoms with Gasteiger partial charge in [0, 0.05) is 0 Å². The van der Waals surface area contributed by atoms with E-state index in [0.717, 1.165) is 11.1 Å². The minimum Gasteiger partial charge on any atom is -0.476 e. The first kappa shape index (κ1) is 17.0. The average molecular weight is 340 g/mol. The zero-order valence-electron chi connectivity index (χ0n) is 14.6. The monoisotopic (exact) mass is 340 g/mol. The maximum atomic E-state index is 11.1. The Hall–Kier alpha value is -2.89. The van der Waals surface area contributed by atoms with E-state index in [2.05, 4.69) is 16.0 Å². The first-order chi connectivity index (χ1) is 11.7. The summed E-state index contributed by atoms with van der Waals surface area (Å²) in [6.07, 6.45) is 4.36. The first-order valence-corrected chi connectivity index (χ1v) is 7.93. The number of aromatic carboxylic acids is 1. The Morgan fingerprint density at radius 3 is 2.20 bits per heavy atom. The molecule has 0 unspecified atom stereocenters. The molecular weight excluding hydrogens is 320 g/mol. The number of carboxylic acid groups (broad SMARTS) is 1. The predicted octanol–water partition coefficient (Wildman–Crippen LogP) is 4.01. The van der Waals surface area contributed by atoms with Gasteiger partial charge in [0.2, 0.25) is 11.8 Å². The lowest BCUT2D eigenvalue weighted by atomic mass is 9.78. The third-order valence-electron chi connectivity index (χ3n) is 4.53. The van der Waals surface area contributed by atoms with Gasteiger partial charge in [-0.15, -0.1) is 0 Å². The SMILES string of the molecule is CC(C)(c1cccc(C(C)(C)c2nc(C(=O)O)co2)c1)c1ncco1. The van der Waals surface area contributed by atoms with Crippen LogP contribution in [0.1, 0.15) is 61.1 Å². The van der Waals surface area contributed by atoms with E-state index in [1.165, 1.54) is 6.26 Å².